The van der Waals surface area contributed by atoms with Crippen LogP contribution in [0.5, 0.6) is 5.75 Å². The van der Waals surface area contributed by atoms with Gasteiger partial charge in [0.2, 0.25) is 11.8 Å². The Kier molecular flexibility index (Phi) is 4.37. The molecule has 4 rings (SSSR count). The second kappa shape index (κ2) is 6.83. The molecule has 0 radical (unpaired) electrons. The van der Waals surface area contributed by atoms with Crippen LogP contribution in [0.1, 0.15) is 30.0 Å². The Morgan fingerprint density at radius 1 is 1.15 bits per heavy atom. The lowest BCUT2D eigenvalue weighted by molar-refractivity contribution is -0.127. The lowest BCUT2D eigenvalue weighted by Crippen LogP contribution is -2.34. The predicted molar refractivity (Wildman–Crippen MR) is 99.1 cm³/mol. The SMILES string of the molecule is COc1ccc(N2C[C@H](C(=O)N[C@@H]3CCc4ccccc43)CC2=O)cc1. The van der Waals surface area contributed by atoms with Gasteiger partial charge < -0.3 is 15.0 Å². The molecule has 2 aromatic carbocycles. The number of hydrogen-bond acceptors (Lipinski definition) is 3. The van der Waals surface area contributed by atoms with E-state index in [1.54, 1.807) is 12.0 Å². The van der Waals surface area contributed by atoms with Gasteiger partial charge in [-0.3, -0.25) is 9.59 Å². The number of rotatable bonds is 4. The highest BCUT2D eigenvalue weighted by atomic mass is 16.5. The largest absolute Gasteiger partial charge is 0.497 e. The molecule has 2 amide bonds. The third kappa shape index (κ3) is 3.05. The number of hydrogen-bond donors (Lipinski definition) is 1. The number of amides is 2. The molecule has 134 valence electrons. The van der Waals surface area contributed by atoms with Gasteiger partial charge in [-0.2, -0.15) is 0 Å². The van der Waals surface area contributed by atoms with Crippen molar-refractivity contribution >= 4 is 17.5 Å². The number of methoxy groups -OCH3 is 1. The van der Waals surface area contributed by atoms with E-state index in [2.05, 4.69) is 17.4 Å². The van der Waals surface area contributed by atoms with Crippen LogP contribution in [-0.4, -0.2) is 25.5 Å². The number of anilines is 1. The summed E-state index contributed by atoms with van der Waals surface area (Å²) in [7, 11) is 1.61. The van der Waals surface area contributed by atoms with E-state index in [0.29, 0.717) is 6.54 Å². The second-order valence-electron chi connectivity index (χ2n) is 6.90. The Hall–Kier alpha value is -2.82. The number of carbonyl (C=O) groups excluding carboxylic acids is 2. The van der Waals surface area contributed by atoms with E-state index in [0.717, 1.165) is 24.3 Å². The smallest absolute Gasteiger partial charge is 0.227 e. The van der Waals surface area contributed by atoms with E-state index in [4.69, 9.17) is 4.74 Å². The highest BCUT2D eigenvalue weighted by Crippen LogP contribution is 2.32. The molecule has 0 saturated carbocycles. The molecule has 5 nitrogen and oxygen atoms in total. The maximum atomic E-state index is 12.7. The number of nitrogens with zero attached hydrogens (tertiary/aromatic N) is 1. The van der Waals surface area contributed by atoms with Gasteiger partial charge in [0.1, 0.15) is 5.75 Å². The van der Waals surface area contributed by atoms with Crippen molar-refractivity contribution in [2.75, 3.05) is 18.6 Å². The number of aryl methyl sites for hydroxylation is 1. The number of fused-ring (bicyclic) bond motifs is 1. The van der Waals surface area contributed by atoms with Crippen LogP contribution in [0.25, 0.3) is 0 Å². The third-order valence-electron chi connectivity index (χ3n) is 5.33. The number of carbonyl (C=O) groups is 2. The molecule has 2 atom stereocenters. The summed E-state index contributed by atoms with van der Waals surface area (Å²) in [6.07, 6.45) is 2.17. The van der Waals surface area contributed by atoms with Crippen LogP contribution in [0.4, 0.5) is 5.69 Å². The summed E-state index contributed by atoms with van der Waals surface area (Å²) in [6, 6.07) is 15.6. The van der Waals surface area contributed by atoms with Crippen LogP contribution in [-0.2, 0) is 16.0 Å². The van der Waals surface area contributed by atoms with Crippen LogP contribution in [0.15, 0.2) is 48.5 Å². The zero-order chi connectivity index (χ0) is 18.1. The van der Waals surface area contributed by atoms with Crippen molar-refractivity contribution in [3.8, 4) is 5.75 Å². The van der Waals surface area contributed by atoms with E-state index < -0.39 is 0 Å². The van der Waals surface area contributed by atoms with Crippen LogP contribution in [0.2, 0.25) is 0 Å². The Balaban J connectivity index is 1.42. The Bertz CT molecular complexity index is 831. The summed E-state index contributed by atoms with van der Waals surface area (Å²) in [4.78, 5) is 26.8. The molecular formula is C21H22N2O3. The van der Waals surface area contributed by atoms with E-state index in [-0.39, 0.29) is 30.2 Å². The number of nitrogens with one attached hydrogen (secondary N) is 1. The first-order valence-corrected chi connectivity index (χ1v) is 8.98. The van der Waals surface area contributed by atoms with E-state index in [1.807, 2.05) is 36.4 Å². The second-order valence-corrected chi connectivity index (χ2v) is 6.90. The summed E-state index contributed by atoms with van der Waals surface area (Å²) >= 11 is 0. The van der Waals surface area contributed by atoms with E-state index in [1.165, 1.54) is 11.1 Å². The summed E-state index contributed by atoms with van der Waals surface area (Å²) in [5.74, 6) is 0.394. The molecule has 1 saturated heterocycles. The molecule has 0 aromatic heterocycles. The molecule has 1 fully saturated rings. The fourth-order valence-electron chi connectivity index (χ4n) is 3.89. The minimum atomic E-state index is -0.308. The van der Waals surface area contributed by atoms with Gasteiger partial charge >= 0.3 is 0 Å². The maximum absolute atomic E-state index is 12.7. The molecule has 0 bridgehead atoms. The first-order chi connectivity index (χ1) is 12.7. The molecule has 26 heavy (non-hydrogen) atoms. The van der Waals surface area contributed by atoms with Crippen molar-refractivity contribution in [3.05, 3.63) is 59.7 Å². The van der Waals surface area contributed by atoms with Crippen LogP contribution in [0.3, 0.4) is 0 Å². The number of benzene rings is 2. The fourth-order valence-corrected chi connectivity index (χ4v) is 3.89. The van der Waals surface area contributed by atoms with Gasteiger partial charge in [0.05, 0.1) is 19.1 Å². The van der Waals surface area contributed by atoms with E-state index >= 15 is 0 Å². The first-order valence-electron chi connectivity index (χ1n) is 8.98. The summed E-state index contributed by atoms with van der Waals surface area (Å²) in [6.45, 7) is 0.422. The number of ether oxygens (including phenoxy) is 1. The van der Waals surface area contributed by atoms with Gasteiger partial charge in [-0.1, -0.05) is 24.3 Å². The average molecular weight is 350 g/mol. The van der Waals surface area contributed by atoms with E-state index in [9.17, 15) is 9.59 Å². The highest BCUT2D eigenvalue weighted by molar-refractivity contribution is 6.00. The average Bonchev–Trinajstić information content (AvgIpc) is 3.26. The first kappa shape index (κ1) is 16.6. The summed E-state index contributed by atoms with van der Waals surface area (Å²) in [5.41, 5.74) is 3.31. The molecule has 2 aromatic rings. The minimum Gasteiger partial charge on any atom is -0.497 e. The van der Waals surface area contributed by atoms with Crippen molar-refractivity contribution in [2.45, 2.75) is 25.3 Å². The Morgan fingerprint density at radius 3 is 2.69 bits per heavy atom. The summed E-state index contributed by atoms with van der Waals surface area (Å²) in [5, 5.41) is 3.15. The van der Waals surface area contributed by atoms with Gasteiger partial charge in [0.25, 0.3) is 0 Å². The molecular weight excluding hydrogens is 328 g/mol. The zero-order valence-electron chi connectivity index (χ0n) is 14.8. The monoisotopic (exact) mass is 350 g/mol. The maximum Gasteiger partial charge on any atom is 0.227 e. The molecule has 5 heteroatoms. The van der Waals surface area contributed by atoms with Gasteiger partial charge in [0, 0.05) is 18.7 Å². The molecule has 0 spiro atoms. The quantitative estimate of drug-likeness (QED) is 0.922. The fraction of sp³-hybridized carbons (Fsp3) is 0.333. The molecule has 2 aliphatic rings. The van der Waals surface area contributed by atoms with Gasteiger partial charge in [-0.05, 0) is 48.2 Å². The minimum absolute atomic E-state index is 0.0119. The molecule has 1 heterocycles. The molecule has 1 aliphatic heterocycles. The van der Waals surface area contributed by atoms with Gasteiger partial charge in [0.15, 0.2) is 0 Å². The standard InChI is InChI=1S/C21H22N2O3/c1-26-17-9-7-16(8-10-17)23-13-15(12-20(23)24)21(25)22-19-11-6-14-4-2-3-5-18(14)19/h2-5,7-10,15,19H,6,11-13H2,1H3,(H,22,25)/t15-,19-/m1/s1. The Labute approximate surface area is 153 Å². The van der Waals surface area contributed by atoms with Crippen LogP contribution >= 0.6 is 0 Å². The van der Waals surface area contributed by atoms with Gasteiger partial charge in [-0.25, -0.2) is 0 Å². The van der Waals surface area contributed by atoms with Crippen LogP contribution < -0.4 is 15.0 Å². The molecule has 0 unspecified atom stereocenters. The predicted octanol–water partition coefficient (Wildman–Crippen LogP) is 2.85. The summed E-state index contributed by atoms with van der Waals surface area (Å²) < 4.78 is 5.15. The topological polar surface area (TPSA) is 58.6 Å². The highest BCUT2D eigenvalue weighted by Gasteiger charge is 2.36. The van der Waals surface area contributed by atoms with Crippen LogP contribution in [0, 0.1) is 5.92 Å². The lowest BCUT2D eigenvalue weighted by atomic mass is 10.1. The normalized spacial score (nSPS) is 21.6. The molecule has 1 aliphatic carbocycles. The Morgan fingerprint density at radius 2 is 1.92 bits per heavy atom. The molecule has 1 N–H and O–H groups in total. The lowest BCUT2D eigenvalue weighted by Gasteiger charge is -2.19. The zero-order valence-corrected chi connectivity index (χ0v) is 14.8. The van der Waals surface area contributed by atoms with Crippen molar-refractivity contribution in [2.24, 2.45) is 5.92 Å². The van der Waals surface area contributed by atoms with Crippen molar-refractivity contribution < 1.29 is 14.3 Å². The third-order valence-corrected chi connectivity index (χ3v) is 5.33. The van der Waals surface area contributed by atoms with Crippen molar-refractivity contribution in [3.63, 3.8) is 0 Å². The van der Waals surface area contributed by atoms with Crippen molar-refractivity contribution in [1.82, 2.24) is 5.32 Å². The van der Waals surface area contributed by atoms with Crippen molar-refractivity contribution in [1.29, 1.82) is 0 Å². The van der Waals surface area contributed by atoms with Gasteiger partial charge in [-0.15, -0.1) is 0 Å².